The Morgan fingerprint density at radius 1 is 1.14 bits per heavy atom. The maximum Gasteiger partial charge on any atom is 0.225 e. The molecule has 6 nitrogen and oxygen atoms in total. The van der Waals surface area contributed by atoms with Crippen LogP contribution in [0.3, 0.4) is 0 Å². The Balaban J connectivity index is 0.00000150. The number of amides is 2. The molecule has 0 radical (unpaired) electrons. The van der Waals surface area contributed by atoms with Crippen LogP contribution in [-0.4, -0.2) is 65.9 Å². The third kappa shape index (κ3) is 5.38. The molecule has 4 unspecified atom stereocenters. The first-order valence-electron chi connectivity index (χ1n) is 11.1. The molecule has 3 N–H and O–H groups in total. The van der Waals surface area contributed by atoms with Crippen molar-refractivity contribution in [3.05, 3.63) is 0 Å². The third-order valence-corrected chi connectivity index (χ3v) is 7.61. The molecule has 0 spiro atoms. The van der Waals surface area contributed by atoms with Crippen molar-refractivity contribution in [3.63, 3.8) is 0 Å². The first-order valence-corrected chi connectivity index (χ1v) is 11.1. The number of hydrogen-bond donors (Lipinski definition) is 2. The molecule has 2 bridgehead atoms. The van der Waals surface area contributed by atoms with Crippen molar-refractivity contribution in [2.45, 2.75) is 76.4 Å². The highest BCUT2D eigenvalue weighted by Gasteiger charge is 2.42. The van der Waals surface area contributed by atoms with Gasteiger partial charge in [0, 0.05) is 37.6 Å². The van der Waals surface area contributed by atoms with E-state index in [9.17, 15) is 9.59 Å². The summed E-state index contributed by atoms with van der Waals surface area (Å²) in [5, 5.41) is 3.35. The predicted octanol–water partition coefficient (Wildman–Crippen LogP) is 2.19. The van der Waals surface area contributed by atoms with Gasteiger partial charge in [0.25, 0.3) is 0 Å². The topological polar surface area (TPSA) is 78.7 Å². The molecule has 2 saturated carbocycles. The first kappa shape index (κ1) is 24.7. The lowest BCUT2D eigenvalue weighted by Crippen LogP contribution is -2.54. The normalized spacial score (nSPS) is 37.0. The van der Waals surface area contributed by atoms with Crippen molar-refractivity contribution in [2.75, 3.05) is 26.2 Å². The van der Waals surface area contributed by atoms with Crippen molar-refractivity contribution in [1.82, 2.24) is 15.1 Å². The third-order valence-electron chi connectivity index (χ3n) is 7.61. The van der Waals surface area contributed by atoms with Gasteiger partial charge in [0.05, 0.1) is 5.92 Å². The first-order chi connectivity index (χ1) is 13.0. The highest BCUT2D eigenvalue weighted by molar-refractivity contribution is 5.89. The fraction of sp³-hybridized carbons (Fsp3) is 0.905. The minimum Gasteiger partial charge on any atom is -0.353 e. The van der Waals surface area contributed by atoms with Gasteiger partial charge in [-0.15, -0.1) is 24.8 Å². The molecule has 2 heterocycles. The molecule has 168 valence electrons. The molecule has 4 rings (SSSR count). The number of halogens is 2. The minimum atomic E-state index is -0.176. The van der Waals surface area contributed by atoms with Crippen LogP contribution in [-0.2, 0) is 9.59 Å². The summed E-state index contributed by atoms with van der Waals surface area (Å²) in [6.45, 7) is 5.76. The van der Waals surface area contributed by atoms with Gasteiger partial charge in [-0.2, -0.15) is 0 Å². The van der Waals surface area contributed by atoms with E-state index < -0.39 is 0 Å². The van der Waals surface area contributed by atoms with E-state index in [1.165, 1.54) is 32.1 Å². The minimum absolute atomic E-state index is 0. The molecule has 2 aliphatic heterocycles. The second-order valence-corrected chi connectivity index (χ2v) is 9.34. The van der Waals surface area contributed by atoms with Crippen LogP contribution in [0.15, 0.2) is 0 Å². The molecule has 29 heavy (non-hydrogen) atoms. The summed E-state index contributed by atoms with van der Waals surface area (Å²) in [5.74, 6) is 1.14. The van der Waals surface area contributed by atoms with Crippen LogP contribution >= 0.6 is 24.8 Å². The Labute approximate surface area is 187 Å². The maximum atomic E-state index is 12.9. The number of fused-ring (bicyclic) bond motifs is 2. The van der Waals surface area contributed by atoms with E-state index in [-0.39, 0.29) is 48.6 Å². The summed E-state index contributed by atoms with van der Waals surface area (Å²) in [4.78, 5) is 29.9. The van der Waals surface area contributed by atoms with Gasteiger partial charge in [-0.3, -0.25) is 14.5 Å². The molecule has 0 aromatic carbocycles. The Morgan fingerprint density at radius 3 is 2.48 bits per heavy atom. The lowest BCUT2D eigenvalue weighted by molar-refractivity contribution is -0.130. The van der Waals surface area contributed by atoms with E-state index in [1.807, 2.05) is 4.90 Å². The largest absolute Gasteiger partial charge is 0.353 e. The van der Waals surface area contributed by atoms with Gasteiger partial charge in [-0.25, -0.2) is 0 Å². The summed E-state index contributed by atoms with van der Waals surface area (Å²) in [7, 11) is 0. The number of nitrogens with zero attached hydrogens (tertiary/aromatic N) is 2. The molecular formula is C21H38Cl2N4O2. The van der Waals surface area contributed by atoms with Crippen LogP contribution in [0.5, 0.6) is 0 Å². The predicted molar refractivity (Wildman–Crippen MR) is 119 cm³/mol. The zero-order valence-corrected chi connectivity index (χ0v) is 19.2. The van der Waals surface area contributed by atoms with Gasteiger partial charge >= 0.3 is 0 Å². The molecule has 4 fully saturated rings. The Morgan fingerprint density at radius 2 is 1.83 bits per heavy atom. The second kappa shape index (κ2) is 10.7. The van der Waals surface area contributed by atoms with Crippen LogP contribution in [0, 0.1) is 17.8 Å². The van der Waals surface area contributed by atoms with Crippen molar-refractivity contribution in [1.29, 1.82) is 0 Å². The molecule has 0 aromatic rings. The number of likely N-dealkylation sites (tertiary alicyclic amines) is 2. The number of hydrogen-bond acceptors (Lipinski definition) is 4. The van der Waals surface area contributed by atoms with E-state index in [1.54, 1.807) is 0 Å². The number of likely N-dealkylation sites (N-methyl/N-ethyl adjacent to an activating group) is 1. The molecule has 8 heteroatoms. The zero-order valence-electron chi connectivity index (χ0n) is 17.6. The summed E-state index contributed by atoms with van der Waals surface area (Å²) < 4.78 is 0. The molecule has 0 aromatic heterocycles. The SMILES string of the molecule is CCN1CCCC1CN1CC(C(=O)NC2C3CCCC2CC(N)C3)CC1=O.Cl.Cl. The van der Waals surface area contributed by atoms with Crippen LogP contribution in [0.25, 0.3) is 0 Å². The summed E-state index contributed by atoms with van der Waals surface area (Å²) in [5.41, 5.74) is 6.21. The summed E-state index contributed by atoms with van der Waals surface area (Å²) >= 11 is 0. The zero-order chi connectivity index (χ0) is 19.0. The average molecular weight is 449 g/mol. The monoisotopic (exact) mass is 448 g/mol. The van der Waals surface area contributed by atoms with Gasteiger partial charge in [0.2, 0.25) is 11.8 Å². The molecule has 2 amide bonds. The number of carbonyl (C=O) groups is 2. The number of nitrogens with one attached hydrogen (secondary N) is 1. The highest BCUT2D eigenvalue weighted by Crippen LogP contribution is 2.40. The second-order valence-electron chi connectivity index (χ2n) is 9.34. The van der Waals surface area contributed by atoms with Crippen LogP contribution in [0.2, 0.25) is 0 Å². The van der Waals surface area contributed by atoms with E-state index >= 15 is 0 Å². The van der Waals surface area contributed by atoms with E-state index in [0.717, 1.165) is 32.5 Å². The average Bonchev–Trinajstić information content (AvgIpc) is 3.22. The van der Waals surface area contributed by atoms with Gasteiger partial charge in [-0.05, 0) is 63.5 Å². The lowest BCUT2D eigenvalue weighted by Gasteiger charge is -2.45. The number of nitrogens with two attached hydrogens (primary N) is 1. The molecule has 4 atom stereocenters. The quantitative estimate of drug-likeness (QED) is 0.675. The Bertz CT molecular complexity index is 565. The van der Waals surface area contributed by atoms with Crippen LogP contribution in [0.4, 0.5) is 0 Å². The fourth-order valence-electron chi connectivity index (χ4n) is 6.20. The Kier molecular flexibility index (Phi) is 9.07. The fourth-order valence-corrected chi connectivity index (χ4v) is 6.20. The van der Waals surface area contributed by atoms with Gasteiger partial charge in [0.1, 0.15) is 0 Å². The van der Waals surface area contributed by atoms with E-state index in [2.05, 4.69) is 17.1 Å². The smallest absolute Gasteiger partial charge is 0.225 e. The Hall–Kier alpha value is -0.560. The molecule has 2 saturated heterocycles. The standard InChI is InChI=1S/C21H36N4O2.2ClH/c1-2-24-8-4-7-18(24)13-25-12-16(11-19(25)26)21(27)23-20-14-5-3-6-15(20)10-17(22)9-14;;/h14-18,20H,2-13,22H2,1H3,(H,23,27);2*1H. The van der Waals surface area contributed by atoms with E-state index in [0.29, 0.717) is 36.9 Å². The molecule has 4 aliphatic rings. The van der Waals surface area contributed by atoms with Crippen molar-refractivity contribution < 1.29 is 9.59 Å². The number of carbonyl (C=O) groups excluding carboxylic acids is 2. The molecule has 2 aliphatic carbocycles. The maximum absolute atomic E-state index is 12.9. The highest BCUT2D eigenvalue weighted by atomic mass is 35.5. The van der Waals surface area contributed by atoms with E-state index in [4.69, 9.17) is 5.73 Å². The summed E-state index contributed by atoms with van der Waals surface area (Å²) in [6.07, 6.45) is 8.46. The number of rotatable bonds is 5. The van der Waals surface area contributed by atoms with Crippen molar-refractivity contribution in [2.24, 2.45) is 23.5 Å². The van der Waals surface area contributed by atoms with Gasteiger partial charge in [0.15, 0.2) is 0 Å². The molecular weight excluding hydrogens is 411 g/mol. The van der Waals surface area contributed by atoms with Crippen LogP contribution in [0.1, 0.15) is 58.3 Å². The van der Waals surface area contributed by atoms with Crippen molar-refractivity contribution >= 4 is 36.6 Å². The lowest BCUT2D eigenvalue weighted by atomic mass is 9.67. The van der Waals surface area contributed by atoms with Crippen molar-refractivity contribution in [3.8, 4) is 0 Å². The van der Waals surface area contributed by atoms with Crippen LogP contribution < -0.4 is 11.1 Å². The van der Waals surface area contributed by atoms with Gasteiger partial charge in [-0.1, -0.05) is 13.3 Å². The summed E-state index contributed by atoms with van der Waals surface area (Å²) in [6, 6.07) is 1.05. The van der Waals surface area contributed by atoms with Gasteiger partial charge < -0.3 is 16.0 Å².